The van der Waals surface area contributed by atoms with Crippen LogP contribution in [0.15, 0.2) is 18.3 Å². The smallest absolute Gasteiger partial charge is 0.254 e. The Bertz CT molecular complexity index is 472. The van der Waals surface area contributed by atoms with Gasteiger partial charge in [0.05, 0.1) is 12.3 Å². The standard InChI is InChI=1S/C15H24N4O2/c1-18-6-3-14(4-7-18)19(8-9-20)15(21)12-2-5-17-13(10-12)11-16/h2,5,10,14,20H,3-4,6-9,11,16H2,1H3. The Hall–Kier alpha value is -1.50. The minimum absolute atomic E-state index is 0.0209. The van der Waals surface area contributed by atoms with E-state index in [-0.39, 0.29) is 18.6 Å². The molecule has 1 aromatic rings. The van der Waals surface area contributed by atoms with E-state index in [2.05, 4.69) is 16.9 Å². The number of nitrogens with zero attached hydrogens (tertiary/aromatic N) is 3. The predicted octanol–water partition coefficient (Wildman–Crippen LogP) is 0.0690. The molecule has 6 nitrogen and oxygen atoms in total. The van der Waals surface area contributed by atoms with Crippen LogP contribution in [0.25, 0.3) is 0 Å². The summed E-state index contributed by atoms with van der Waals surface area (Å²) < 4.78 is 0. The van der Waals surface area contributed by atoms with Gasteiger partial charge in [-0.1, -0.05) is 0 Å². The van der Waals surface area contributed by atoms with Crippen LogP contribution >= 0.6 is 0 Å². The molecule has 0 aromatic carbocycles. The average molecular weight is 292 g/mol. The zero-order chi connectivity index (χ0) is 15.2. The van der Waals surface area contributed by atoms with Crippen LogP contribution in [0.1, 0.15) is 28.9 Å². The van der Waals surface area contributed by atoms with Gasteiger partial charge in [-0.2, -0.15) is 0 Å². The predicted molar refractivity (Wildman–Crippen MR) is 80.8 cm³/mol. The number of rotatable bonds is 5. The highest BCUT2D eigenvalue weighted by Gasteiger charge is 2.27. The molecular formula is C15H24N4O2. The van der Waals surface area contributed by atoms with Crippen molar-refractivity contribution in [3.8, 4) is 0 Å². The van der Waals surface area contributed by atoms with Gasteiger partial charge in [0.25, 0.3) is 5.91 Å². The van der Waals surface area contributed by atoms with Crippen LogP contribution in [0, 0.1) is 0 Å². The Labute approximate surface area is 125 Å². The first-order chi connectivity index (χ1) is 10.2. The Balaban J connectivity index is 2.14. The minimum Gasteiger partial charge on any atom is -0.395 e. The molecule has 21 heavy (non-hydrogen) atoms. The van der Waals surface area contributed by atoms with Gasteiger partial charge in [-0.15, -0.1) is 0 Å². The monoisotopic (exact) mass is 292 g/mol. The number of hydrogen-bond donors (Lipinski definition) is 2. The van der Waals surface area contributed by atoms with Gasteiger partial charge in [-0.3, -0.25) is 9.78 Å². The van der Waals surface area contributed by atoms with E-state index in [0.717, 1.165) is 25.9 Å². The molecule has 1 aromatic heterocycles. The number of aliphatic hydroxyl groups is 1. The summed E-state index contributed by atoms with van der Waals surface area (Å²) in [7, 11) is 2.09. The number of pyridine rings is 1. The van der Waals surface area contributed by atoms with E-state index in [1.54, 1.807) is 23.2 Å². The van der Waals surface area contributed by atoms with Crippen molar-refractivity contribution < 1.29 is 9.90 Å². The van der Waals surface area contributed by atoms with Crippen molar-refractivity contribution in [1.82, 2.24) is 14.8 Å². The largest absolute Gasteiger partial charge is 0.395 e. The molecule has 0 saturated carbocycles. The third-order valence-electron chi connectivity index (χ3n) is 4.00. The van der Waals surface area contributed by atoms with Gasteiger partial charge < -0.3 is 20.6 Å². The SMILES string of the molecule is CN1CCC(N(CCO)C(=O)c2ccnc(CN)c2)CC1. The highest BCUT2D eigenvalue weighted by atomic mass is 16.3. The number of amides is 1. The molecule has 0 unspecified atom stereocenters. The van der Waals surface area contributed by atoms with E-state index in [1.807, 2.05) is 0 Å². The van der Waals surface area contributed by atoms with E-state index >= 15 is 0 Å². The Morgan fingerprint density at radius 1 is 1.52 bits per heavy atom. The van der Waals surface area contributed by atoms with Crippen molar-refractivity contribution in [2.24, 2.45) is 5.73 Å². The highest BCUT2D eigenvalue weighted by molar-refractivity contribution is 5.94. The summed E-state index contributed by atoms with van der Waals surface area (Å²) in [6, 6.07) is 3.64. The molecule has 3 N–H and O–H groups in total. The van der Waals surface area contributed by atoms with Gasteiger partial charge >= 0.3 is 0 Å². The van der Waals surface area contributed by atoms with E-state index in [1.165, 1.54) is 0 Å². The van der Waals surface area contributed by atoms with Crippen LogP contribution in [0.4, 0.5) is 0 Å². The first-order valence-corrected chi connectivity index (χ1v) is 7.41. The normalized spacial score (nSPS) is 16.9. The molecule has 2 rings (SSSR count). The molecule has 6 heteroatoms. The summed E-state index contributed by atoms with van der Waals surface area (Å²) in [6.07, 6.45) is 3.50. The van der Waals surface area contributed by atoms with Crippen molar-refractivity contribution in [1.29, 1.82) is 0 Å². The molecule has 0 atom stereocenters. The molecule has 116 valence electrons. The fourth-order valence-corrected chi connectivity index (χ4v) is 2.75. The number of carbonyl (C=O) groups is 1. The van der Waals surface area contributed by atoms with Gasteiger partial charge in [-0.25, -0.2) is 0 Å². The second-order valence-electron chi connectivity index (χ2n) is 5.50. The van der Waals surface area contributed by atoms with Gasteiger partial charge in [0.15, 0.2) is 0 Å². The van der Waals surface area contributed by atoms with Gasteiger partial charge in [0.2, 0.25) is 0 Å². The number of hydrogen-bond acceptors (Lipinski definition) is 5. The lowest BCUT2D eigenvalue weighted by molar-refractivity contribution is 0.0539. The lowest BCUT2D eigenvalue weighted by Gasteiger charge is -2.37. The zero-order valence-electron chi connectivity index (χ0n) is 12.5. The van der Waals surface area contributed by atoms with Crippen LogP contribution in [0.2, 0.25) is 0 Å². The molecule has 0 aliphatic carbocycles. The van der Waals surface area contributed by atoms with E-state index < -0.39 is 0 Å². The minimum atomic E-state index is -0.0456. The van der Waals surface area contributed by atoms with Crippen molar-refractivity contribution in [2.75, 3.05) is 33.3 Å². The van der Waals surface area contributed by atoms with Crippen LogP contribution in [-0.2, 0) is 6.54 Å². The number of carbonyl (C=O) groups excluding carboxylic acids is 1. The molecule has 1 aliphatic rings. The van der Waals surface area contributed by atoms with Crippen molar-refractivity contribution in [2.45, 2.75) is 25.4 Å². The molecule has 2 heterocycles. The maximum absolute atomic E-state index is 12.7. The molecule has 0 radical (unpaired) electrons. The summed E-state index contributed by atoms with van der Waals surface area (Å²) in [5, 5.41) is 9.28. The molecule has 1 amide bonds. The summed E-state index contributed by atoms with van der Waals surface area (Å²) in [4.78, 5) is 20.9. The zero-order valence-corrected chi connectivity index (χ0v) is 12.5. The number of likely N-dealkylation sites (tertiary alicyclic amines) is 1. The Morgan fingerprint density at radius 3 is 2.86 bits per heavy atom. The Kier molecular flexibility index (Phi) is 5.67. The fraction of sp³-hybridized carbons (Fsp3) is 0.600. The molecule has 0 spiro atoms. The number of aliphatic hydroxyl groups excluding tert-OH is 1. The second-order valence-corrected chi connectivity index (χ2v) is 5.50. The van der Waals surface area contributed by atoms with Crippen LogP contribution in [0.3, 0.4) is 0 Å². The third kappa shape index (κ3) is 4.00. The highest BCUT2D eigenvalue weighted by Crippen LogP contribution is 2.18. The number of aromatic nitrogens is 1. The van der Waals surface area contributed by atoms with Crippen molar-refractivity contribution in [3.05, 3.63) is 29.6 Å². The molecule has 0 bridgehead atoms. The lowest BCUT2D eigenvalue weighted by Crippen LogP contribution is -2.47. The van der Waals surface area contributed by atoms with Crippen LogP contribution < -0.4 is 5.73 Å². The van der Waals surface area contributed by atoms with Gasteiger partial charge in [0.1, 0.15) is 0 Å². The van der Waals surface area contributed by atoms with Crippen LogP contribution in [-0.4, -0.2) is 65.1 Å². The third-order valence-corrected chi connectivity index (χ3v) is 4.00. The van der Waals surface area contributed by atoms with Gasteiger partial charge in [0, 0.05) is 30.9 Å². The molecular weight excluding hydrogens is 268 g/mol. The number of piperidine rings is 1. The van der Waals surface area contributed by atoms with Crippen molar-refractivity contribution in [3.63, 3.8) is 0 Å². The molecule has 1 aliphatic heterocycles. The molecule has 1 fully saturated rings. The first kappa shape index (κ1) is 15.9. The first-order valence-electron chi connectivity index (χ1n) is 7.41. The summed E-state index contributed by atoms with van der Waals surface area (Å²) in [5.41, 5.74) is 6.88. The van der Waals surface area contributed by atoms with Crippen molar-refractivity contribution >= 4 is 5.91 Å². The summed E-state index contributed by atoms with van der Waals surface area (Å²) in [6.45, 7) is 2.62. The van der Waals surface area contributed by atoms with Gasteiger partial charge in [-0.05, 0) is 45.1 Å². The van der Waals surface area contributed by atoms with E-state index in [0.29, 0.717) is 24.3 Å². The summed E-state index contributed by atoms with van der Waals surface area (Å²) in [5.74, 6) is -0.0456. The number of nitrogens with two attached hydrogens (primary N) is 1. The lowest BCUT2D eigenvalue weighted by atomic mass is 10.0. The summed E-state index contributed by atoms with van der Waals surface area (Å²) >= 11 is 0. The Morgan fingerprint density at radius 2 is 2.24 bits per heavy atom. The topological polar surface area (TPSA) is 82.7 Å². The second kappa shape index (κ2) is 7.49. The van der Waals surface area contributed by atoms with Crippen LogP contribution in [0.5, 0.6) is 0 Å². The fourth-order valence-electron chi connectivity index (χ4n) is 2.75. The van der Waals surface area contributed by atoms with E-state index in [9.17, 15) is 9.90 Å². The average Bonchev–Trinajstić information content (AvgIpc) is 2.53. The maximum atomic E-state index is 12.7. The quantitative estimate of drug-likeness (QED) is 0.802. The van der Waals surface area contributed by atoms with E-state index in [4.69, 9.17) is 5.73 Å². The molecule has 1 saturated heterocycles. The maximum Gasteiger partial charge on any atom is 0.254 e.